The van der Waals surface area contributed by atoms with Gasteiger partial charge in [-0.2, -0.15) is 15.0 Å². The molecule has 1 aliphatic rings. The summed E-state index contributed by atoms with van der Waals surface area (Å²) in [5.41, 5.74) is 9.33. The molecule has 1 aromatic carbocycles. The summed E-state index contributed by atoms with van der Waals surface area (Å²) in [6.07, 6.45) is 0. The Hall–Kier alpha value is -2.25. The zero-order valence-corrected chi connectivity index (χ0v) is 14.7. The highest BCUT2D eigenvalue weighted by molar-refractivity contribution is 5.56. The van der Waals surface area contributed by atoms with Crippen LogP contribution in [0.25, 0.3) is 0 Å². The first-order chi connectivity index (χ1) is 11.5. The number of nitrogens with one attached hydrogen (secondary N) is 3. The number of nitrogens with two attached hydrogens (primary N) is 1. The van der Waals surface area contributed by atoms with Gasteiger partial charge in [0.05, 0.1) is 7.05 Å². The fraction of sp³-hybridized carbons (Fsp3) is 0.471. The van der Waals surface area contributed by atoms with E-state index in [4.69, 9.17) is 5.73 Å². The van der Waals surface area contributed by atoms with E-state index in [0.717, 1.165) is 31.1 Å². The number of quaternary nitrogens is 2. The summed E-state index contributed by atoms with van der Waals surface area (Å²) in [7, 11) is 2.24. The lowest BCUT2D eigenvalue weighted by Gasteiger charge is -2.26. The maximum absolute atomic E-state index is 5.88. The molecule has 1 aliphatic heterocycles. The van der Waals surface area contributed by atoms with E-state index >= 15 is 0 Å². The van der Waals surface area contributed by atoms with E-state index in [1.165, 1.54) is 29.1 Å². The van der Waals surface area contributed by atoms with Crippen molar-refractivity contribution in [3.05, 3.63) is 35.2 Å². The van der Waals surface area contributed by atoms with Gasteiger partial charge in [-0.3, -0.25) is 0 Å². The van der Waals surface area contributed by atoms with Crippen LogP contribution in [0.4, 0.5) is 17.6 Å². The van der Waals surface area contributed by atoms with E-state index in [-0.39, 0.29) is 5.95 Å². The van der Waals surface area contributed by atoms with Crippen LogP contribution in [0.5, 0.6) is 0 Å². The largest absolute Gasteiger partial charge is 0.368 e. The quantitative estimate of drug-likeness (QED) is 0.562. The third kappa shape index (κ3) is 4.18. The normalized spacial score (nSPS) is 20.8. The minimum atomic E-state index is 0.269. The Labute approximate surface area is 142 Å². The summed E-state index contributed by atoms with van der Waals surface area (Å²) in [5, 5.41) is 3.24. The molecule has 0 saturated carbocycles. The van der Waals surface area contributed by atoms with Gasteiger partial charge in [0.25, 0.3) is 0 Å². The Balaban J connectivity index is 1.72. The van der Waals surface area contributed by atoms with Crippen molar-refractivity contribution in [2.24, 2.45) is 0 Å². The van der Waals surface area contributed by atoms with E-state index in [2.05, 4.69) is 53.3 Å². The first-order valence-corrected chi connectivity index (χ1v) is 8.49. The molecule has 3 rings (SSSR count). The van der Waals surface area contributed by atoms with Crippen LogP contribution in [0.15, 0.2) is 18.2 Å². The number of aromatic nitrogens is 3. The summed E-state index contributed by atoms with van der Waals surface area (Å²) in [4.78, 5) is 16.2. The van der Waals surface area contributed by atoms with Crippen LogP contribution in [0.1, 0.15) is 17.0 Å². The van der Waals surface area contributed by atoms with Gasteiger partial charge in [0.1, 0.15) is 32.7 Å². The summed E-state index contributed by atoms with van der Waals surface area (Å²) in [6.45, 7) is 9.62. The number of nitrogens with zero attached hydrogens (tertiary/aromatic N) is 3. The highest BCUT2D eigenvalue weighted by atomic mass is 15.3. The molecule has 0 radical (unpaired) electrons. The average molecular weight is 329 g/mol. The zero-order chi connectivity index (χ0) is 17.1. The summed E-state index contributed by atoms with van der Waals surface area (Å²) in [6, 6.07) is 6.19. The van der Waals surface area contributed by atoms with Crippen LogP contribution in [-0.4, -0.2) is 48.2 Å². The number of likely N-dealkylation sites (N-methyl/N-ethyl adjacent to an activating group) is 1. The van der Waals surface area contributed by atoms with Gasteiger partial charge in [-0.25, -0.2) is 0 Å². The van der Waals surface area contributed by atoms with Crippen LogP contribution in [-0.2, 0) is 6.54 Å². The Morgan fingerprint density at radius 3 is 2.50 bits per heavy atom. The Morgan fingerprint density at radius 2 is 1.79 bits per heavy atom. The van der Waals surface area contributed by atoms with Crippen LogP contribution in [0, 0.1) is 13.8 Å². The van der Waals surface area contributed by atoms with E-state index in [0.29, 0.717) is 5.95 Å². The number of hydrogen-bond acceptors (Lipinski definition) is 5. The van der Waals surface area contributed by atoms with Crippen molar-refractivity contribution in [2.75, 3.05) is 44.3 Å². The number of hydrogen-bond donors (Lipinski definition) is 4. The van der Waals surface area contributed by atoms with Crippen LogP contribution < -0.4 is 20.9 Å². The second kappa shape index (κ2) is 7.11. The number of piperazine rings is 1. The molecule has 2 aromatic rings. The summed E-state index contributed by atoms with van der Waals surface area (Å²) < 4.78 is 0. The fourth-order valence-corrected chi connectivity index (χ4v) is 2.95. The van der Waals surface area contributed by atoms with Crippen LogP contribution in [0.2, 0.25) is 0 Å². The highest BCUT2D eigenvalue weighted by Gasteiger charge is 2.21. The lowest BCUT2D eigenvalue weighted by molar-refractivity contribution is -1.01. The predicted octanol–water partition coefficient (Wildman–Crippen LogP) is -1.27. The minimum absolute atomic E-state index is 0.269. The average Bonchev–Trinajstić information content (AvgIpc) is 2.53. The summed E-state index contributed by atoms with van der Waals surface area (Å²) in [5.74, 6) is 1.54. The van der Waals surface area contributed by atoms with E-state index in [1.54, 1.807) is 4.90 Å². The topological polar surface area (TPSA) is 85.6 Å². The van der Waals surface area contributed by atoms with Crippen molar-refractivity contribution in [1.29, 1.82) is 0 Å². The second-order valence-corrected chi connectivity index (χ2v) is 6.74. The number of benzene rings is 1. The Morgan fingerprint density at radius 1 is 1.04 bits per heavy atom. The van der Waals surface area contributed by atoms with Gasteiger partial charge in [-0.1, -0.05) is 6.07 Å². The number of nitrogen functional groups attached to an aromatic ring is 1. The lowest BCUT2D eigenvalue weighted by atomic mass is 10.1. The van der Waals surface area contributed by atoms with Crippen molar-refractivity contribution in [3.8, 4) is 0 Å². The third-order valence-corrected chi connectivity index (χ3v) is 4.68. The first-order valence-electron chi connectivity index (χ1n) is 8.49. The van der Waals surface area contributed by atoms with E-state index in [9.17, 15) is 0 Å². The van der Waals surface area contributed by atoms with E-state index < -0.39 is 0 Å². The molecule has 7 heteroatoms. The van der Waals surface area contributed by atoms with Crippen molar-refractivity contribution >= 4 is 17.6 Å². The Bertz CT molecular complexity index is 708. The number of rotatable bonds is 4. The van der Waals surface area contributed by atoms with Gasteiger partial charge < -0.3 is 20.9 Å². The first kappa shape index (κ1) is 16.6. The molecule has 0 bridgehead atoms. The molecule has 24 heavy (non-hydrogen) atoms. The molecule has 5 N–H and O–H groups in total. The smallest absolute Gasteiger partial charge is 0.232 e. The molecule has 1 saturated heterocycles. The molecule has 7 nitrogen and oxygen atoms in total. The van der Waals surface area contributed by atoms with Gasteiger partial charge in [0, 0.05) is 5.69 Å². The van der Waals surface area contributed by atoms with Gasteiger partial charge in [0.2, 0.25) is 11.9 Å². The third-order valence-electron chi connectivity index (χ3n) is 4.68. The predicted molar refractivity (Wildman–Crippen MR) is 94.5 cm³/mol. The van der Waals surface area contributed by atoms with E-state index in [1.807, 2.05) is 6.07 Å². The van der Waals surface area contributed by atoms with Gasteiger partial charge in [-0.05, 0) is 37.1 Å². The number of anilines is 3. The zero-order valence-electron chi connectivity index (χ0n) is 14.7. The fourth-order valence-electron chi connectivity index (χ4n) is 2.95. The standard InChI is InChI=1S/C17H25N7/c1-12-4-5-14(10-13(12)2)19-17-21-15(20-16(18)22-17)11-24-8-6-23(3)7-9-24/h4-5,10H,6-9,11H2,1-3H3,(H3,18,19,20,21,22)/p+2. The molecule has 0 unspecified atom stereocenters. The lowest BCUT2D eigenvalue weighted by Crippen LogP contribution is -3.26. The van der Waals surface area contributed by atoms with Crippen molar-refractivity contribution < 1.29 is 9.80 Å². The van der Waals surface area contributed by atoms with Gasteiger partial charge in [0.15, 0.2) is 5.82 Å². The second-order valence-electron chi connectivity index (χ2n) is 6.74. The highest BCUT2D eigenvalue weighted by Crippen LogP contribution is 2.17. The molecular formula is C17H27N7+2. The maximum Gasteiger partial charge on any atom is 0.232 e. The van der Waals surface area contributed by atoms with Crippen LogP contribution >= 0.6 is 0 Å². The van der Waals surface area contributed by atoms with Crippen molar-refractivity contribution in [2.45, 2.75) is 20.4 Å². The van der Waals surface area contributed by atoms with Crippen molar-refractivity contribution in [1.82, 2.24) is 15.0 Å². The molecule has 0 amide bonds. The molecule has 128 valence electrons. The summed E-state index contributed by atoms with van der Waals surface area (Å²) >= 11 is 0. The van der Waals surface area contributed by atoms with Crippen LogP contribution in [0.3, 0.4) is 0 Å². The van der Waals surface area contributed by atoms with Gasteiger partial charge in [-0.15, -0.1) is 0 Å². The molecule has 0 spiro atoms. The molecular weight excluding hydrogens is 302 g/mol. The number of aryl methyl sites for hydroxylation is 2. The van der Waals surface area contributed by atoms with Crippen molar-refractivity contribution in [3.63, 3.8) is 0 Å². The molecule has 2 heterocycles. The molecule has 0 atom stereocenters. The molecule has 0 aliphatic carbocycles. The minimum Gasteiger partial charge on any atom is -0.368 e. The maximum atomic E-state index is 5.88. The SMILES string of the molecule is Cc1ccc(Nc2nc(N)nc(C[NH+]3CC[NH+](C)CC3)n2)cc1C. The van der Waals surface area contributed by atoms with Gasteiger partial charge >= 0.3 is 0 Å². The molecule has 1 fully saturated rings. The monoisotopic (exact) mass is 329 g/mol. The molecule has 1 aromatic heterocycles. The Kier molecular flexibility index (Phi) is 4.92.